The SMILES string of the molecule is O=C(O)c1ccccc1O.OCCO. The van der Waals surface area contributed by atoms with Gasteiger partial charge in [-0.25, -0.2) is 4.79 Å². The third kappa shape index (κ3) is 4.44. The molecule has 0 aliphatic heterocycles. The molecule has 5 nitrogen and oxygen atoms in total. The maximum Gasteiger partial charge on any atom is 0.339 e. The van der Waals surface area contributed by atoms with Crippen LogP contribution >= 0.6 is 0 Å². The number of hydrogen-bond donors (Lipinski definition) is 4. The van der Waals surface area contributed by atoms with E-state index in [1.54, 1.807) is 12.1 Å². The van der Waals surface area contributed by atoms with E-state index < -0.39 is 5.97 Å². The third-order valence-electron chi connectivity index (χ3n) is 1.23. The largest absolute Gasteiger partial charge is 0.507 e. The fraction of sp³-hybridized carbons (Fsp3) is 0.222. The number of carbonyl (C=O) groups is 1. The van der Waals surface area contributed by atoms with Crippen molar-refractivity contribution in [2.24, 2.45) is 0 Å². The summed E-state index contributed by atoms with van der Waals surface area (Å²) in [4.78, 5) is 10.3. The van der Waals surface area contributed by atoms with Crippen LogP contribution in [0.2, 0.25) is 0 Å². The van der Waals surface area contributed by atoms with Crippen molar-refractivity contribution in [1.29, 1.82) is 0 Å². The van der Waals surface area contributed by atoms with Gasteiger partial charge in [-0.05, 0) is 12.1 Å². The second-order valence-electron chi connectivity index (χ2n) is 2.27. The van der Waals surface area contributed by atoms with Crippen molar-refractivity contribution in [3.63, 3.8) is 0 Å². The highest BCUT2D eigenvalue weighted by molar-refractivity contribution is 5.90. The first-order chi connectivity index (χ1) is 6.63. The Labute approximate surface area is 80.9 Å². The van der Waals surface area contributed by atoms with Gasteiger partial charge in [0.25, 0.3) is 0 Å². The maximum atomic E-state index is 10.3. The molecule has 0 radical (unpaired) electrons. The number of aliphatic hydroxyl groups excluding tert-OH is 2. The Balaban J connectivity index is 0.000000364. The number of para-hydroxylation sites is 1. The molecule has 0 bridgehead atoms. The van der Waals surface area contributed by atoms with Crippen LogP contribution in [0.1, 0.15) is 10.4 Å². The van der Waals surface area contributed by atoms with Crippen LogP contribution in [0.3, 0.4) is 0 Å². The molecule has 0 heterocycles. The summed E-state index contributed by atoms with van der Waals surface area (Å²) < 4.78 is 0. The minimum atomic E-state index is -1.11. The molecule has 0 saturated heterocycles. The zero-order valence-electron chi connectivity index (χ0n) is 7.42. The van der Waals surface area contributed by atoms with Crippen molar-refractivity contribution in [1.82, 2.24) is 0 Å². The van der Waals surface area contributed by atoms with E-state index in [1.165, 1.54) is 12.1 Å². The summed E-state index contributed by atoms with van der Waals surface area (Å²) >= 11 is 0. The van der Waals surface area contributed by atoms with E-state index in [-0.39, 0.29) is 24.5 Å². The van der Waals surface area contributed by atoms with Gasteiger partial charge in [-0.3, -0.25) is 0 Å². The number of aromatic hydroxyl groups is 1. The fourth-order valence-corrected chi connectivity index (χ4v) is 0.654. The van der Waals surface area contributed by atoms with Crippen molar-refractivity contribution in [2.45, 2.75) is 0 Å². The molecule has 0 unspecified atom stereocenters. The first-order valence-corrected chi connectivity index (χ1v) is 3.86. The summed E-state index contributed by atoms with van der Waals surface area (Å²) in [6, 6.07) is 5.81. The lowest BCUT2D eigenvalue weighted by atomic mass is 10.2. The summed E-state index contributed by atoms with van der Waals surface area (Å²) in [6.07, 6.45) is 0. The zero-order valence-corrected chi connectivity index (χ0v) is 7.42. The van der Waals surface area contributed by atoms with Gasteiger partial charge in [-0.1, -0.05) is 12.1 Å². The molecule has 1 aromatic carbocycles. The van der Waals surface area contributed by atoms with Crippen LogP contribution in [0, 0.1) is 0 Å². The predicted octanol–water partition coefficient (Wildman–Crippen LogP) is 0.0614. The molecule has 0 atom stereocenters. The monoisotopic (exact) mass is 200 g/mol. The Morgan fingerprint density at radius 3 is 1.93 bits per heavy atom. The van der Waals surface area contributed by atoms with Crippen LogP contribution in [0.4, 0.5) is 0 Å². The topological polar surface area (TPSA) is 98.0 Å². The molecule has 0 spiro atoms. The highest BCUT2D eigenvalue weighted by Crippen LogP contribution is 2.14. The van der Waals surface area contributed by atoms with Crippen LogP contribution in [-0.2, 0) is 0 Å². The van der Waals surface area contributed by atoms with E-state index in [1.807, 2.05) is 0 Å². The van der Waals surface area contributed by atoms with E-state index in [2.05, 4.69) is 0 Å². The molecule has 1 aromatic rings. The minimum absolute atomic E-state index is 0.0671. The Morgan fingerprint density at radius 1 is 1.14 bits per heavy atom. The molecule has 0 aromatic heterocycles. The van der Waals surface area contributed by atoms with E-state index in [9.17, 15) is 4.79 Å². The molecule has 14 heavy (non-hydrogen) atoms. The van der Waals surface area contributed by atoms with Crippen LogP contribution in [0.15, 0.2) is 24.3 Å². The van der Waals surface area contributed by atoms with Crippen molar-refractivity contribution < 1.29 is 25.2 Å². The molecule has 0 aliphatic carbocycles. The van der Waals surface area contributed by atoms with E-state index in [0.717, 1.165) is 0 Å². The summed E-state index contributed by atoms with van der Waals surface area (Å²) in [7, 11) is 0. The molecule has 78 valence electrons. The lowest BCUT2D eigenvalue weighted by Gasteiger charge is -1.95. The first-order valence-electron chi connectivity index (χ1n) is 3.86. The van der Waals surface area contributed by atoms with Gasteiger partial charge >= 0.3 is 5.97 Å². The molecule has 0 fully saturated rings. The quantitative estimate of drug-likeness (QED) is 0.541. The molecular formula is C9H12O5. The molecular weight excluding hydrogens is 188 g/mol. The number of carboxylic acid groups (broad SMARTS) is 1. The van der Waals surface area contributed by atoms with Gasteiger partial charge < -0.3 is 20.4 Å². The summed E-state index contributed by atoms with van der Waals surface area (Å²) in [5, 5.41) is 32.6. The normalized spacial score (nSPS) is 8.71. The number of benzene rings is 1. The molecule has 1 rings (SSSR count). The van der Waals surface area contributed by atoms with Crippen molar-refractivity contribution in [3.05, 3.63) is 29.8 Å². The lowest BCUT2D eigenvalue weighted by Crippen LogP contribution is -1.95. The predicted molar refractivity (Wildman–Crippen MR) is 49.2 cm³/mol. The van der Waals surface area contributed by atoms with Gasteiger partial charge in [0.05, 0.1) is 13.2 Å². The second-order valence-corrected chi connectivity index (χ2v) is 2.27. The van der Waals surface area contributed by atoms with E-state index in [4.69, 9.17) is 20.4 Å². The molecule has 0 saturated carbocycles. The van der Waals surface area contributed by atoms with Crippen molar-refractivity contribution in [3.8, 4) is 5.75 Å². The van der Waals surface area contributed by atoms with Crippen molar-refractivity contribution >= 4 is 5.97 Å². The number of rotatable bonds is 2. The van der Waals surface area contributed by atoms with Crippen LogP contribution in [0.5, 0.6) is 5.75 Å². The van der Waals surface area contributed by atoms with Gasteiger partial charge in [0, 0.05) is 0 Å². The summed E-state index contributed by atoms with van der Waals surface area (Å²) in [5.41, 5.74) is -0.0671. The standard InChI is InChI=1S/C7H6O3.C2H6O2/c8-6-4-2-1-3-5(6)7(9)10;3-1-2-4/h1-4,8H,(H,9,10);3-4H,1-2H2. The van der Waals surface area contributed by atoms with E-state index >= 15 is 0 Å². The van der Waals surface area contributed by atoms with Crippen LogP contribution in [-0.4, -0.2) is 39.6 Å². The average molecular weight is 200 g/mol. The smallest absolute Gasteiger partial charge is 0.339 e. The van der Waals surface area contributed by atoms with Gasteiger partial charge in [0.15, 0.2) is 0 Å². The Bertz CT molecular complexity index is 282. The summed E-state index contributed by atoms with van der Waals surface area (Å²) in [6.45, 7) is -0.250. The molecule has 0 aliphatic rings. The summed E-state index contributed by atoms with van der Waals surface area (Å²) in [5.74, 6) is -1.31. The fourth-order valence-electron chi connectivity index (χ4n) is 0.654. The second kappa shape index (κ2) is 6.88. The van der Waals surface area contributed by atoms with Gasteiger partial charge in [-0.2, -0.15) is 0 Å². The first kappa shape index (κ1) is 12.4. The Hall–Kier alpha value is -1.59. The van der Waals surface area contributed by atoms with Crippen LogP contribution in [0.25, 0.3) is 0 Å². The lowest BCUT2D eigenvalue weighted by molar-refractivity contribution is 0.0693. The number of aliphatic hydroxyl groups is 2. The maximum absolute atomic E-state index is 10.3. The van der Waals surface area contributed by atoms with Gasteiger partial charge in [0.2, 0.25) is 0 Å². The zero-order chi connectivity index (χ0) is 11.0. The molecule has 4 N–H and O–H groups in total. The number of carboxylic acids is 1. The van der Waals surface area contributed by atoms with Crippen LogP contribution < -0.4 is 0 Å². The third-order valence-corrected chi connectivity index (χ3v) is 1.23. The van der Waals surface area contributed by atoms with Gasteiger partial charge in [-0.15, -0.1) is 0 Å². The number of aromatic carboxylic acids is 1. The molecule has 5 heteroatoms. The van der Waals surface area contributed by atoms with Crippen molar-refractivity contribution in [2.75, 3.05) is 13.2 Å². The molecule has 0 amide bonds. The average Bonchev–Trinajstić information content (AvgIpc) is 2.18. The highest BCUT2D eigenvalue weighted by atomic mass is 16.4. The Kier molecular flexibility index (Phi) is 6.09. The number of hydrogen-bond acceptors (Lipinski definition) is 4. The minimum Gasteiger partial charge on any atom is -0.507 e. The van der Waals surface area contributed by atoms with Gasteiger partial charge in [0.1, 0.15) is 11.3 Å². The highest BCUT2D eigenvalue weighted by Gasteiger charge is 2.05. The Morgan fingerprint density at radius 2 is 1.64 bits per heavy atom. The number of phenols is 1. The van der Waals surface area contributed by atoms with E-state index in [0.29, 0.717) is 0 Å².